The summed E-state index contributed by atoms with van der Waals surface area (Å²) in [7, 11) is 0. The van der Waals surface area contributed by atoms with Gasteiger partial charge in [-0.05, 0) is 50.7 Å². The van der Waals surface area contributed by atoms with Crippen molar-refractivity contribution in [1.82, 2.24) is 10.2 Å². The highest BCUT2D eigenvalue weighted by Crippen LogP contribution is 2.40. The van der Waals surface area contributed by atoms with Gasteiger partial charge >= 0.3 is 0 Å². The van der Waals surface area contributed by atoms with Gasteiger partial charge < -0.3 is 10.2 Å². The molecule has 3 heterocycles. The van der Waals surface area contributed by atoms with E-state index >= 15 is 0 Å². The molecule has 0 aromatic carbocycles. The number of nitrogens with one attached hydrogen (secondary N) is 1. The molecular weight excluding hydrogens is 148 g/mol. The fraction of sp³-hybridized carbons (Fsp3) is 1.00. The molecule has 0 radical (unpaired) electrons. The molecule has 4 aliphatic rings. The standard InChI is InChI=1S/C10H18N2/c1-2-4-12(3-1)7-9-8-5-10(9)11-6-8/h8-11H,1-7H2. The summed E-state index contributed by atoms with van der Waals surface area (Å²) in [5.41, 5.74) is 0. The van der Waals surface area contributed by atoms with Gasteiger partial charge in [0.2, 0.25) is 0 Å². The van der Waals surface area contributed by atoms with Gasteiger partial charge in [-0.3, -0.25) is 0 Å². The minimum Gasteiger partial charge on any atom is -0.313 e. The van der Waals surface area contributed by atoms with E-state index in [9.17, 15) is 0 Å². The van der Waals surface area contributed by atoms with Crippen molar-refractivity contribution >= 4 is 0 Å². The van der Waals surface area contributed by atoms with Crippen molar-refractivity contribution in [3.8, 4) is 0 Å². The highest BCUT2D eigenvalue weighted by atomic mass is 15.2. The lowest BCUT2D eigenvalue weighted by molar-refractivity contribution is 0.148. The second kappa shape index (κ2) is 2.71. The van der Waals surface area contributed by atoms with Crippen LogP contribution in [0.4, 0.5) is 0 Å². The summed E-state index contributed by atoms with van der Waals surface area (Å²) in [4.78, 5) is 2.66. The number of hydrogen-bond acceptors (Lipinski definition) is 2. The lowest BCUT2D eigenvalue weighted by Crippen LogP contribution is -2.44. The van der Waals surface area contributed by atoms with Gasteiger partial charge in [0.15, 0.2) is 0 Å². The van der Waals surface area contributed by atoms with Crippen LogP contribution in [-0.4, -0.2) is 37.1 Å². The molecule has 0 amide bonds. The van der Waals surface area contributed by atoms with Crippen LogP contribution >= 0.6 is 0 Å². The molecule has 3 atom stereocenters. The molecule has 1 N–H and O–H groups in total. The highest BCUT2D eigenvalue weighted by Gasteiger charge is 2.46. The van der Waals surface area contributed by atoms with Crippen molar-refractivity contribution in [2.24, 2.45) is 11.8 Å². The summed E-state index contributed by atoms with van der Waals surface area (Å²) in [5.74, 6) is 2.05. The second-order valence-corrected chi connectivity index (χ2v) is 4.68. The van der Waals surface area contributed by atoms with Crippen LogP contribution in [0, 0.1) is 11.8 Å². The monoisotopic (exact) mass is 166 g/mol. The van der Waals surface area contributed by atoms with Crippen LogP contribution in [0.25, 0.3) is 0 Å². The molecule has 0 aromatic heterocycles. The first-order valence-electron chi connectivity index (χ1n) is 5.39. The lowest BCUT2D eigenvalue weighted by atomic mass is 9.74. The Morgan fingerprint density at radius 3 is 2.67 bits per heavy atom. The molecular formula is C10H18N2. The zero-order valence-electron chi connectivity index (χ0n) is 7.63. The Kier molecular flexibility index (Phi) is 1.66. The van der Waals surface area contributed by atoms with Gasteiger partial charge in [0.1, 0.15) is 0 Å². The maximum Gasteiger partial charge on any atom is 0.0114 e. The second-order valence-electron chi connectivity index (χ2n) is 4.68. The lowest BCUT2D eigenvalue weighted by Gasteiger charge is -2.37. The van der Waals surface area contributed by atoms with E-state index in [1.165, 1.54) is 45.4 Å². The Bertz CT molecular complexity index is 161. The molecule has 0 spiro atoms. The molecule has 3 aliphatic heterocycles. The molecule has 3 unspecified atom stereocenters. The minimum absolute atomic E-state index is 0.899. The van der Waals surface area contributed by atoms with E-state index in [0.29, 0.717) is 0 Å². The van der Waals surface area contributed by atoms with E-state index in [1.807, 2.05) is 0 Å². The van der Waals surface area contributed by atoms with Crippen LogP contribution in [0.1, 0.15) is 19.3 Å². The van der Waals surface area contributed by atoms with E-state index < -0.39 is 0 Å². The molecule has 4 fully saturated rings. The van der Waals surface area contributed by atoms with Crippen molar-refractivity contribution in [2.75, 3.05) is 26.2 Å². The molecule has 2 nitrogen and oxygen atoms in total. The van der Waals surface area contributed by atoms with Gasteiger partial charge in [-0.15, -0.1) is 0 Å². The summed E-state index contributed by atoms with van der Waals surface area (Å²) in [5, 5.41) is 3.59. The van der Waals surface area contributed by atoms with Crippen LogP contribution in [-0.2, 0) is 0 Å². The van der Waals surface area contributed by atoms with E-state index in [4.69, 9.17) is 0 Å². The van der Waals surface area contributed by atoms with Crippen molar-refractivity contribution in [2.45, 2.75) is 25.3 Å². The number of hydrogen-bond donors (Lipinski definition) is 1. The Morgan fingerprint density at radius 1 is 1.25 bits per heavy atom. The summed E-state index contributed by atoms with van der Waals surface area (Å²) in [6.45, 7) is 5.44. The SMILES string of the molecule is C1CCN(CC2C3CNC2C3)C1. The van der Waals surface area contributed by atoms with Crippen molar-refractivity contribution < 1.29 is 0 Å². The smallest absolute Gasteiger partial charge is 0.0114 e. The zero-order chi connectivity index (χ0) is 7.97. The molecule has 2 bridgehead atoms. The average Bonchev–Trinajstić information content (AvgIpc) is 2.76. The molecule has 2 heteroatoms. The topological polar surface area (TPSA) is 15.3 Å². The summed E-state index contributed by atoms with van der Waals surface area (Å²) >= 11 is 0. The van der Waals surface area contributed by atoms with Crippen molar-refractivity contribution in [3.63, 3.8) is 0 Å². The van der Waals surface area contributed by atoms with Crippen LogP contribution in [0.2, 0.25) is 0 Å². The van der Waals surface area contributed by atoms with Gasteiger partial charge in [-0.2, -0.15) is 0 Å². The third-order valence-corrected chi connectivity index (χ3v) is 3.99. The Balaban J connectivity index is 1.55. The zero-order valence-corrected chi connectivity index (χ0v) is 7.63. The molecule has 1 aliphatic carbocycles. The largest absolute Gasteiger partial charge is 0.313 e. The summed E-state index contributed by atoms with van der Waals surface area (Å²) in [6, 6.07) is 0.899. The van der Waals surface area contributed by atoms with Gasteiger partial charge in [0, 0.05) is 12.6 Å². The van der Waals surface area contributed by atoms with Crippen molar-refractivity contribution in [1.29, 1.82) is 0 Å². The summed E-state index contributed by atoms with van der Waals surface area (Å²) in [6.07, 6.45) is 4.35. The maximum atomic E-state index is 3.59. The maximum absolute atomic E-state index is 3.59. The first-order chi connectivity index (χ1) is 5.93. The normalized spacial score (nSPS) is 46.5. The van der Waals surface area contributed by atoms with E-state index in [1.54, 1.807) is 0 Å². The van der Waals surface area contributed by atoms with Gasteiger partial charge in [-0.25, -0.2) is 0 Å². The van der Waals surface area contributed by atoms with Crippen molar-refractivity contribution in [3.05, 3.63) is 0 Å². The Morgan fingerprint density at radius 2 is 2.08 bits per heavy atom. The number of nitrogens with zero attached hydrogens (tertiary/aromatic N) is 1. The molecule has 12 heavy (non-hydrogen) atoms. The van der Waals surface area contributed by atoms with E-state index in [2.05, 4.69) is 10.2 Å². The van der Waals surface area contributed by atoms with E-state index in [0.717, 1.165) is 17.9 Å². The fourth-order valence-electron chi connectivity index (χ4n) is 3.12. The van der Waals surface area contributed by atoms with Crippen LogP contribution in [0.5, 0.6) is 0 Å². The summed E-state index contributed by atoms with van der Waals surface area (Å²) < 4.78 is 0. The third kappa shape index (κ3) is 1.01. The predicted octanol–water partition coefficient (Wildman–Crippen LogP) is 0.690. The Hall–Kier alpha value is -0.0800. The van der Waals surface area contributed by atoms with Crippen LogP contribution in [0.15, 0.2) is 0 Å². The predicted molar refractivity (Wildman–Crippen MR) is 49.1 cm³/mol. The minimum atomic E-state index is 0.899. The third-order valence-electron chi connectivity index (χ3n) is 3.99. The first-order valence-corrected chi connectivity index (χ1v) is 5.39. The fourth-order valence-corrected chi connectivity index (χ4v) is 3.12. The molecule has 68 valence electrons. The highest BCUT2D eigenvalue weighted by molar-refractivity contribution is 5.03. The number of rotatable bonds is 2. The van der Waals surface area contributed by atoms with Crippen LogP contribution < -0.4 is 5.32 Å². The molecule has 4 rings (SSSR count). The van der Waals surface area contributed by atoms with E-state index in [-0.39, 0.29) is 0 Å². The van der Waals surface area contributed by atoms with Gasteiger partial charge in [0.05, 0.1) is 0 Å². The first kappa shape index (κ1) is 7.34. The number of fused-ring (bicyclic) bond motifs is 1. The molecule has 0 aromatic rings. The average molecular weight is 166 g/mol. The van der Waals surface area contributed by atoms with Crippen LogP contribution in [0.3, 0.4) is 0 Å². The number of likely N-dealkylation sites (tertiary alicyclic amines) is 1. The van der Waals surface area contributed by atoms with Gasteiger partial charge in [0.25, 0.3) is 0 Å². The molecule has 3 saturated heterocycles. The quantitative estimate of drug-likeness (QED) is 0.649. The Labute approximate surface area is 74.3 Å². The molecule has 1 saturated carbocycles. The van der Waals surface area contributed by atoms with Gasteiger partial charge in [-0.1, -0.05) is 0 Å².